The Balaban J connectivity index is 1.39. The van der Waals surface area contributed by atoms with Crippen molar-refractivity contribution >= 4 is 21.1 Å². The minimum absolute atomic E-state index is 0.321. The first-order valence-electron chi connectivity index (χ1n) is 9.45. The summed E-state index contributed by atoms with van der Waals surface area (Å²) in [6.07, 6.45) is 12.7. The Kier molecular flexibility index (Phi) is 5.88. The topological polar surface area (TPSA) is 34.1 Å². The van der Waals surface area contributed by atoms with Crippen LogP contribution in [0.4, 0.5) is 5.82 Å². The summed E-state index contributed by atoms with van der Waals surface area (Å²) >= 11 is 0. The molecule has 1 fully saturated rings. The number of hydrogen-bond acceptors (Lipinski definition) is 3. The van der Waals surface area contributed by atoms with E-state index in [1.54, 1.807) is 0 Å². The SMILES string of the molecule is C=[Si]C1C[C@@H](OCCCCc2ccc3c(n2)NCCC3)C(C)(C)C1. The molecule has 0 saturated heterocycles. The normalized spacial score (nSPS) is 25.1. The number of fused-ring (bicyclic) bond motifs is 1. The molecule has 1 saturated carbocycles. The first-order chi connectivity index (χ1) is 11.6. The third-order valence-corrected chi connectivity index (χ3v) is 6.55. The van der Waals surface area contributed by atoms with Gasteiger partial charge in [-0.1, -0.05) is 19.9 Å². The number of unbranched alkanes of at least 4 members (excludes halogenated alkanes) is 1. The molecule has 2 aliphatic rings. The van der Waals surface area contributed by atoms with Gasteiger partial charge in [0.1, 0.15) is 5.82 Å². The van der Waals surface area contributed by atoms with E-state index in [0.717, 1.165) is 59.3 Å². The number of hydrogen-bond donors (Lipinski definition) is 1. The van der Waals surface area contributed by atoms with Crippen LogP contribution >= 0.6 is 0 Å². The highest BCUT2D eigenvalue weighted by molar-refractivity contribution is 6.42. The molecule has 0 amide bonds. The monoisotopic (exact) mass is 343 g/mol. The van der Waals surface area contributed by atoms with Gasteiger partial charge in [0, 0.05) is 28.0 Å². The molecule has 0 spiro atoms. The van der Waals surface area contributed by atoms with E-state index < -0.39 is 0 Å². The maximum absolute atomic E-state index is 6.22. The number of aromatic nitrogens is 1. The van der Waals surface area contributed by atoms with Crippen molar-refractivity contribution in [2.24, 2.45) is 5.41 Å². The summed E-state index contributed by atoms with van der Waals surface area (Å²) in [5.41, 5.74) is 3.68. The second kappa shape index (κ2) is 7.92. The Labute approximate surface area is 149 Å². The van der Waals surface area contributed by atoms with Crippen molar-refractivity contribution in [1.29, 1.82) is 0 Å². The summed E-state index contributed by atoms with van der Waals surface area (Å²) in [7, 11) is 0.809. The second-order valence-corrected chi connectivity index (χ2v) is 9.21. The number of pyridine rings is 1. The van der Waals surface area contributed by atoms with Crippen LogP contribution in [0, 0.1) is 5.41 Å². The molecule has 0 bridgehead atoms. The number of aryl methyl sites for hydroxylation is 2. The fourth-order valence-corrected chi connectivity index (χ4v) is 5.07. The number of nitrogens with zero attached hydrogens (tertiary/aromatic N) is 1. The minimum Gasteiger partial charge on any atom is -0.378 e. The van der Waals surface area contributed by atoms with Crippen molar-refractivity contribution in [3.63, 3.8) is 0 Å². The summed E-state index contributed by atoms with van der Waals surface area (Å²) < 4.78 is 6.22. The fraction of sp³-hybridized carbons (Fsp3) is 0.700. The number of ether oxygens (including phenoxy) is 1. The molecule has 1 N–H and O–H groups in total. The van der Waals surface area contributed by atoms with E-state index in [0.29, 0.717) is 11.5 Å². The largest absolute Gasteiger partial charge is 0.378 e. The summed E-state index contributed by atoms with van der Waals surface area (Å²) in [4.78, 5) is 4.77. The summed E-state index contributed by atoms with van der Waals surface area (Å²) in [5, 5.41) is 3.42. The van der Waals surface area contributed by atoms with E-state index in [2.05, 4.69) is 37.5 Å². The standard InChI is InChI=1S/C20H31N2OSi/c1-20(2)14-17(24-3)13-18(20)23-12-5-4-8-16-10-9-15-7-6-11-21-19(15)22-16/h9-10,17-18H,3-8,11-14H2,1-2H3,(H,21,22)/t17?,18-/m1/s1. The Morgan fingerprint density at radius 2 is 2.25 bits per heavy atom. The van der Waals surface area contributed by atoms with Crippen LogP contribution in [0.15, 0.2) is 12.1 Å². The maximum Gasteiger partial charge on any atom is 0.129 e. The Hall–Kier alpha value is -1.00. The van der Waals surface area contributed by atoms with Crippen molar-refractivity contribution in [3.8, 4) is 0 Å². The van der Waals surface area contributed by atoms with Crippen LogP contribution in [0.25, 0.3) is 0 Å². The molecule has 0 aromatic carbocycles. The van der Waals surface area contributed by atoms with E-state index in [1.165, 1.54) is 30.5 Å². The van der Waals surface area contributed by atoms with Gasteiger partial charge in [-0.15, -0.1) is 6.17 Å². The molecule has 3 rings (SSSR count). The van der Waals surface area contributed by atoms with E-state index in [4.69, 9.17) is 9.72 Å². The molecule has 1 aliphatic carbocycles. The van der Waals surface area contributed by atoms with Gasteiger partial charge < -0.3 is 10.1 Å². The number of nitrogens with one attached hydrogen (secondary N) is 1. The predicted octanol–water partition coefficient (Wildman–Crippen LogP) is 3.89. The zero-order valence-corrected chi connectivity index (χ0v) is 16.2. The predicted molar refractivity (Wildman–Crippen MR) is 103 cm³/mol. The summed E-state index contributed by atoms with van der Waals surface area (Å²) in [6.45, 7) is 6.64. The molecule has 2 atom stereocenters. The highest BCUT2D eigenvalue weighted by Crippen LogP contribution is 2.45. The van der Waals surface area contributed by atoms with Crippen LogP contribution < -0.4 is 5.32 Å². The van der Waals surface area contributed by atoms with Gasteiger partial charge in [0.2, 0.25) is 0 Å². The molecular formula is C20H31N2OSi. The molecule has 1 radical (unpaired) electrons. The highest BCUT2D eigenvalue weighted by atomic mass is 28.2. The van der Waals surface area contributed by atoms with Gasteiger partial charge in [-0.05, 0) is 67.5 Å². The second-order valence-electron chi connectivity index (χ2n) is 7.99. The summed E-state index contributed by atoms with van der Waals surface area (Å²) in [6, 6.07) is 4.45. The zero-order valence-electron chi connectivity index (χ0n) is 15.2. The average Bonchev–Trinajstić information content (AvgIpc) is 2.88. The molecule has 4 heteroatoms. The van der Waals surface area contributed by atoms with Crippen molar-refractivity contribution in [2.45, 2.75) is 70.4 Å². The van der Waals surface area contributed by atoms with Gasteiger partial charge >= 0.3 is 0 Å². The Morgan fingerprint density at radius 3 is 3.04 bits per heavy atom. The Bertz CT molecular complexity index is 573. The lowest BCUT2D eigenvalue weighted by atomic mass is 9.89. The Morgan fingerprint density at radius 1 is 1.38 bits per heavy atom. The van der Waals surface area contributed by atoms with Gasteiger partial charge in [0.05, 0.1) is 6.10 Å². The van der Waals surface area contributed by atoms with Crippen molar-refractivity contribution in [1.82, 2.24) is 4.98 Å². The zero-order chi connectivity index (χ0) is 17.0. The third-order valence-electron chi connectivity index (χ3n) is 5.53. The van der Waals surface area contributed by atoms with E-state index in [1.807, 2.05) is 0 Å². The lowest BCUT2D eigenvalue weighted by Crippen LogP contribution is -2.26. The molecular weight excluding hydrogens is 312 g/mol. The molecule has 1 unspecified atom stereocenters. The average molecular weight is 344 g/mol. The van der Waals surface area contributed by atoms with Crippen LogP contribution in [0.5, 0.6) is 0 Å². The van der Waals surface area contributed by atoms with Gasteiger partial charge in [0.25, 0.3) is 0 Å². The number of anilines is 1. The summed E-state index contributed by atoms with van der Waals surface area (Å²) in [5.74, 6) is 1.11. The molecule has 131 valence electrons. The quantitative estimate of drug-likeness (QED) is 0.602. The molecule has 24 heavy (non-hydrogen) atoms. The highest BCUT2D eigenvalue weighted by Gasteiger charge is 2.39. The first kappa shape index (κ1) is 17.8. The first-order valence-corrected chi connectivity index (χ1v) is 10.7. The van der Waals surface area contributed by atoms with Gasteiger partial charge in [-0.3, -0.25) is 0 Å². The van der Waals surface area contributed by atoms with Crippen LogP contribution in [-0.2, 0) is 17.6 Å². The lowest BCUT2D eigenvalue weighted by Gasteiger charge is -2.27. The van der Waals surface area contributed by atoms with Gasteiger partial charge in [-0.25, -0.2) is 4.98 Å². The van der Waals surface area contributed by atoms with E-state index >= 15 is 0 Å². The van der Waals surface area contributed by atoms with Crippen molar-refractivity contribution in [2.75, 3.05) is 18.5 Å². The molecule has 1 aromatic heterocycles. The smallest absolute Gasteiger partial charge is 0.129 e. The molecule has 1 aliphatic heterocycles. The van der Waals surface area contributed by atoms with E-state index in [9.17, 15) is 0 Å². The van der Waals surface area contributed by atoms with Crippen LogP contribution in [0.2, 0.25) is 5.54 Å². The van der Waals surface area contributed by atoms with Crippen LogP contribution in [-0.4, -0.2) is 39.5 Å². The van der Waals surface area contributed by atoms with Gasteiger partial charge in [0.15, 0.2) is 0 Å². The minimum atomic E-state index is 0.321. The fourth-order valence-electron chi connectivity index (χ4n) is 4.02. The van der Waals surface area contributed by atoms with Gasteiger partial charge in [-0.2, -0.15) is 0 Å². The lowest BCUT2D eigenvalue weighted by molar-refractivity contribution is -0.00701. The van der Waals surface area contributed by atoms with Crippen LogP contribution in [0.1, 0.15) is 57.2 Å². The molecule has 3 nitrogen and oxygen atoms in total. The maximum atomic E-state index is 6.22. The van der Waals surface area contributed by atoms with Crippen molar-refractivity contribution in [3.05, 3.63) is 23.4 Å². The van der Waals surface area contributed by atoms with Crippen molar-refractivity contribution < 1.29 is 4.74 Å². The van der Waals surface area contributed by atoms with E-state index in [-0.39, 0.29) is 0 Å². The number of rotatable bonds is 7. The molecule has 2 heterocycles. The van der Waals surface area contributed by atoms with Crippen LogP contribution in [0.3, 0.4) is 0 Å². The molecule has 1 aromatic rings. The third kappa shape index (κ3) is 4.34.